The number of piperidine rings is 1. The lowest BCUT2D eigenvalue weighted by Gasteiger charge is -2.36. The predicted octanol–water partition coefficient (Wildman–Crippen LogP) is 2.47. The SMILES string of the molecule is O=C(c1ccc(N2CCOCC2)cc1)N1C[C@@H]2CC[C@H](C1)N(CC1CC1)C2. The number of anilines is 1. The zero-order valence-electron chi connectivity index (χ0n) is 16.2. The number of nitrogens with zero attached hydrogens (tertiary/aromatic N) is 3. The summed E-state index contributed by atoms with van der Waals surface area (Å²) in [5, 5.41) is 0. The molecular formula is C22H31N3O2. The van der Waals surface area contributed by atoms with Gasteiger partial charge in [-0.25, -0.2) is 0 Å². The van der Waals surface area contributed by atoms with Crippen molar-refractivity contribution in [1.82, 2.24) is 9.80 Å². The van der Waals surface area contributed by atoms with Crippen molar-refractivity contribution >= 4 is 11.6 Å². The fourth-order valence-corrected chi connectivity index (χ4v) is 5.02. The number of amides is 1. The van der Waals surface area contributed by atoms with Crippen molar-refractivity contribution in [3.05, 3.63) is 29.8 Å². The van der Waals surface area contributed by atoms with Crippen LogP contribution in [0.5, 0.6) is 0 Å². The molecule has 5 aliphatic rings. The molecular weight excluding hydrogens is 338 g/mol. The highest BCUT2D eigenvalue weighted by atomic mass is 16.5. The van der Waals surface area contributed by atoms with Gasteiger partial charge in [0.2, 0.25) is 0 Å². The van der Waals surface area contributed by atoms with E-state index >= 15 is 0 Å². The fraction of sp³-hybridized carbons (Fsp3) is 0.682. The molecule has 0 radical (unpaired) electrons. The number of hydrogen-bond donors (Lipinski definition) is 0. The lowest BCUT2D eigenvalue weighted by Crippen LogP contribution is -2.45. The van der Waals surface area contributed by atoms with Crippen LogP contribution in [0.25, 0.3) is 0 Å². The highest BCUT2D eigenvalue weighted by Crippen LogP contribution is 2.35. The maximum Gasteiger partial charge on any atom is 0.253 e. The Morgan fingerprint density at radius 2 is 1.74 bits per heavy atom. The largest absolute Gasteiger partial charge is 0.378 e. The maximum absolute atomic E-state index is 13.2. The van der Waals surface area contributed by atoms with Gasteiger partial charge in [0, 0.05) is 56.6 Å². The molecule has 1 saturated carbocycles. The van der Waals surface area contributed by atoms with E-state index < -0.39 is 0 Å². The summed E-state index contributed by atoms with van der Waals surface area (Å²) >= 11 is 0. The van der Waals surface area contributed by atoms with Crippen molar-refractivity contribution in [3.8, 4) is 0 Å². The van der Waals surface area contributed by atoms with E-state index in [1.165, 1.54) is 44.5 Å². The normalized spacial score (nSPS) is 29.0. The van der Waals surface area contributed by atoms with Crippen molar-refractivity contribution in [1.29, 1.82) is 0 Å². The summed E-state index contributed by atoms with van der Waals surface area (Å²) in [5.41, 5.74) is 2.03. The lowest BCUT2D eigenvalue weighted by atomic mass is 9.95. The molecule has 0 N–H and O–H groups in total. The summed E-state index contributed by atoms with van der Waals surface area (Å²) in [6.07, 6.45) is 5.36. The Bertz CT molecular complexity index is 667. The van der Waals surface area contributed by atoms with Crippen LogP contribution in [0.4, 0.5) is 5.69 Å². The highest BCUT2D eigenvalue weighted by molar-refractivity contribution is 5.94. The number of hydrogen-bond acceptors (Lipinski definition) is 4. The quantitative estimate of drug-likeness (QED) is 0.817. The Morgan fingerprint density at radius 3 is 2.48 bits per heavy atom. The Kier molecular flexibility index (Phi) is 4.82. The van der Waals surface area contributed by atoms with E-state index in [-0.39, 0.29) is 5.91 Å². The standard InChI is InChI=1S/C22H31N3O2/c26-22(19-4-7-20(8-5-19)23-9-11-27-12-10-23)25-15-18-3-6-21(16-25)24(14-18)13-17-1-2-17/h4-5,7-8,17-18,21H,1-3,6,9-16H2/t18-,21-/m1/s1. The molecule has 1 aliphatic carbocycles. The third-order valence-electron chi connectivity index (χ3n) is 6.79. The highest BCUT2D eigenvalue weighted by Gasteiger charge is 2.38. The molecule has 5 nitrogen and oxygen atoms in total. The van der Waals surface area contributed by atoms with Crippen molar-refractivity contribution in [3.63, 3.8) is 0 Å². The van der Waals surface area contributed by atoms with Gasteiger partial charge in [0.25, 0.3) is 5.91 Å². The molecule has 27 heavy (non-hydrogen) atoms. The first-order chi connectivity index (χ1) is 13.3. The lowest BCUT2D eigenvalue weighted by molar-refractivity contribution is 0.0736. The molecule has 1 aromatic carbocycles. The number of rotatable bonds is 4. The zero-order chi connectivity index (χ0) is 18.2. The summed E-state index contributed by atoms with van der Waals surface area (Å²) in [6.45, 7) is 7.73. The molecule has 4 heterocycles. The van der Waals surface area contributed by atoms with Gasteiger partial charge in [-0.15, -0.1) is 0 Å². The van der Waals surface area contributed by atoms with E-state index in [1.807, 2.05) is 12.1 Å². The van der Waals surface area contributed by atoms with Crippen LogP contribution in [0.15, 0.2) is 24.3 Å². The van der Waals surface area contributed by atoms with Gasteiger partial charge in [0.15, 0.2) is 0 Å². The van der Waals surface area contributed by atoms with Gasteiger partial charge in [0.05, 0.1) is 13.2 Å². The topological polar surface area (TPSA) is 36.0 Å². The molecule has 4 saturated heterocycles. The van der Waals surface area contributed by atoms with Gasteiger partial charge in [0.1, 0.15) is 0 Å². The van der Waals surface area contributed by atoms with Crippen molar-refractivity contribution in [2.45, 2.75) is 31.7 Å². The number of fused-ring (bicyclic) bond motifs is 4. The minimum absolute atomic E-state index is 0.216. The number of benzene rings is 1. The maximum atomic E-state index is 13.2. The van der Waals surface area contributed by atoms with E-state index in [1.54, 1.807) is 0 Å². The Hall–Kier alpha value is -1.59. The fourth-order valence-electron chi connectivity index (χ4n) is 5.02. The Morgan fingerprint density at radius 1 is 0.963 bits per heavy atom. The first kappa shape index (κ1) is 17.5. The van der Waals surface area contributed by atoms with Crippen LogP contribution < -0.4 is 4.90 Å². The minimum Gasteiger partial charge on any atom is -0.378 e. The van der Waals surface area contributed by atoms with Gasteiger partial charge >= 0.3 is 0 Å². The Balaban J connectivity index is 1.26. The minimum atomic E-state index is 0.216. The molecule has 0 spiro atoms. The molecule has 4 aliphatic heterocycles. The van der Waals surface area contributed by atoms with Gasteiger partial charge in [-0.2, -0.15) is 0 Å². The molecule has 1 aromatic rings. The van der Waals surface area contributed by atoms with Crippen LogP contribution in [0, 0.1) is 11.8 Å². The number of morpholine rings is 1. The first-order valence-corrected chi connectivity index (χ1v) is 10.7. The summed E-state index contributed by atoms with van der Waals surface area (Å²) in [6, 6.07) is 8.80. The third kappa shape index (κ3) is 3.85. The summed E-state index contributed by atoms with van der Waals surface area (Å²) in [5.74, 6) is 1.80. The number of carbonyl (C=O) groups is 1. The summed E-state index contributed by atoms with van der Waals surface area (Å²) in [7, 11) is 0. The van der Waals surface area contributed by atoms with Crippen LogP contribution in [0.1, 0.15) is 36.0 Å². The molecule has 5 fully saturated rings. The van der Waals surface area contributed by atoms with Crippen molar-refractivity contribution in [2.75, 3.05) is 57.4 Å². The number of carbonyl (C=O) groups excluding carboxylic acids is 1. The molecule has 5 heteroatoms. The molecule has 146 valence electrons. The van der Waals surface area contributed by atoms with E-state index in [9.17, 15) is 4.79 Å². The van der Waals surface area contributed by atoms with Crippen LogP contribution in [-0.4, -0.2) is 74.2 Å². The molecule has 0 unspecified atom stereocenters. The first-order valence-electron chi connectivity index (χ1n) is 10.7. The summed E-state index contributed by atoms with van der Waals surface area (Å²) in [4.78, 5) is 20.3. The Labute approximate surface area is 162 Å². The van der Waals surface area contributed by atoms with Gasteiger partial charge in [-0.1, -0.05) is 0 Å². The van der Waals surface area contributed by atoms with Crippen molar-refractivity contribution < 1.29 is 9.53 Å². The molecule has 2 bridgehead atoms. The second-order valence-corrected chi connectivity index (χ2v) is 8.85. The van der Waals surface area contributed by atoms with Crippen LogP contribution in [0.2, 0.25) is 0 Å². The predicted molar refractivity (Wildman–Crippen MR) is 106 cm³/mol. The summed E-state index contributed by atoms with van der Waals surface area (Å²) < 4.78 is 5.43. The van der Waals surface area contributed by atoms with E-state index in [0.717, 1.165) is 50.9 Å². The second-order valence-electron chi connectivity index (χ2n) is 8.85. The van der Waals surface area contributed by atoms with Gasteiger partial charge in [-0.3, -0.25) is 9.69 Å². The monoisotopic (exact) mass is 369 g/mol. The second kappa shape index (κ2) is 7.44. The molecule has 0 aromatic heterocycles. The third-order valence-corrected chi connectivity index (χ3v) is 6.79. The van der Waals surface area contributed by atoms with Crippen LogP contribution >= 0.6 is 0 Å². The zero-order valence-corrected chi connectivity index (χ0v) is 16.2. The van der Waals surface area contributed by atoms with E-state index in [0.29, 0.717) is 12.0 Å². The van der Waals surface area contributed by atoms with Crippen LogP contribution in [0.3, 0.4) is 0 Å². The van der Waals surface area contributed by atoms with Crippen molar-refractivity contribution in [2.24, 2.45) is 11.8 Å². The smallest absolute Gasteiger partial charge is 0.253 e. The average Bonchev–Trinajstić information content (AvgIpc) is 3.56. The molecule has 6 rings (SSSR count). The van der Waals surface area contributed by atoms with Gasteiger partial charge < -0.3 is 14.5 Å². The van der Waals surface area contributed by atoms with E-state index in [4.69, 9.17) is 4.74 Å². The van der Waals surface area contributed by atoms with Crippen LogP contribution in [-0.2, 0) is 4.74 Å². The average molecular weight is 370 g/mol. The van der Waals surface area contributed by atoms with Gasteiger partial charge in [-0.05, 0) is 61.8 Å². The van der Waals surface area contributed by atoms with E-state index in [2.05, 4.69) is 26.8 Å². The number of ether oxygens (including phenoxy) is 1. The molecule has 1 amide bonds. The molecule has 2 atom stereocenters.